The summed E-state index contributed by atoms with van der Waals surface area (Å²) >= 11 is 1.75. The van der Waals surface area contributed by atoms with E-state index in [4.69, 9.17) is 0 Å². The molecular formula is C18H19NO2S2. The van der Waals surface area contributed by atoms with E-state index < -0.39 is 10.8 Å². The molecule has 5 heteroatoms. The van der Waals surface area contributed by atoms with Gasteiger partial charge in [-0.15, -0.1) is 11.3 Å². The molecule has 1 amide bonds. The smallest absolute Gasteiger partial charge is 0.235 e. The van der Waals surface area contributed by atoms with Crippen LogP contribution in [-0.4, -0.2) is 33.1 Å². The second-order valence-electron chi connectivity index (χ2n) is 5.50. The topological polar surface area (TPSA) is 37.4 Å². The standard InChI is InChI=1S/C18H19NO2S2/c20-18(19-10-8-17-16(13-19)9-11-22-17)14-23(21)12-4-7-15-5-2-1-3-6-15/h1-7,9,11H,8,10,12-14H2/b7-4+. The Morgan fingerprint density at radius 2 is 2.09 bits per heavy atom. The van der Waals surface area contributed by atoms with Crippen molar-refractivity contribution in [3.63, 3.8) is 0 Å². The van der Waals surface area contributed by atoms with Gasteiger partial charge in [-0.3, -0.25) is 9.00 Å². The summed E-state index contributed by atoms with van der Waals surface area (Å²) in [6, 6.07) is 12.0. The molecule has 0 saturated carbocycles. The van der Waals surface area contributed by atoms with Crippen molar-refractivity contribution in [3.8, 4) is 0 Å². The highest BCUT2D eigenvalue weighted by atomic mass is 32.2. The van der Waals surface area contributed by atoms with Gasteiger partial charge in [0.15, 0.2) is 0 Å². The van der Waals surface area contributed by atoms with Gasteiger partial charge in [0.25, 0.3) is 0 Å². The zero-order valence-electron chi connectivity index (χ0n) is 12.8. The lowest BCUT2D eigenvalue weighted by molar-refractivity contribution is -0.129. The number of fused-ring (bicyclic) bond motifs is 1. The number of hydrogen-bond acceptors (Lipinski definition) is 3. The van der Waals surface area contributed by atoms with Crippen LogP contribution in [0.25, 0.3) is 6.08 Å². The number of rotatable bonds is 5. The Balaban J connectivity index is 1.48. The molecule has 1 unspecified atom stereocenters. The maximum atomic E-state index is 12.3. The van der Waals surface area contributed by atoms with Crippen molar-refractivity contribution in [1.29, 1.82) is 0 Å². The first-order chi connectivity index (χ1) is 11.2. The van der Waals surface area contributed by atoms with Gasteiger partial charge in [-0.1, -0.05) is 42.5 Å². The molecule has 1 aliphatic heterocycles. The number of nitrogens with zero attached hydrogens (tertiary/aromatic N) is 1. The lowest BCUT2D eigenvalue weighted by atomic mass is 10.1. The van der Waals surface area contributed by atoms with Crippen LogP contribution in [0.1, 0.15) is 16.0 Å². The molecule has 3 rings (SSSR count). The van der Waals surface area contributed by atoms with Crippen LogP contribution in [0, 0.1) is 0 Å². The maximum absolute atomic E-state index is 12.3. The van der Waals surface area contributed by atoms with E-state index in [0.29, 0.717) is 12.3 Å². The molecular weight excluding hydrogens is 326 g/mol. The molecule has 0 spiro atoms. The Kier molecular flexibility index (Phi) is 5.41. The fourth-order valence-electron chi connectivity index (χ4n) is 2.60. The second-order valence-corrected chi connectivity index (χ2v) is 8.00. The first-order valence-electron chi connectivity index (χ1n) is 7.62. The van der Waals surface area contributed by atoms with E-state index in [1.165, 1.54) is 10.4 Å². The molecule has 1 aromatic carbocycles. The molecule has 2 aromatic rings. The van der Waals surface area contributed by atoms with E-state index >= 15 is 0 Å². The second kappa shape index (κ2) is 7.70. The van der Waals surface area contributed by atoms with Gasteiger partial charge in [0.05, 0.1) is 0 Å². The molecule has 1 aromatic heterocycles. The van der Waals surface area contributed by atoms with E-state index in [2.05, 4.69) is 11.4 Å². The monoisotopic (exact) mass is 345 g/mol. The molecule has 0 fully saturated rings. The van der Waals surface area contributed by atoms with Crippen molar-refractivity contribution in [3.05, 3.63) is 63.9 Å². The van der Waals surface area contributed by atoms with Crippen molar-refractivity contribution < 1.29 is 9.00 Å². The Labute approximate surface area is 143 Å². The van der Waals surface area contributed by atoms with Gasteiger partial charge < -0.3 is 4.90 Å². The molecule has 0 saturated heterocycles. The molecule has 23 heavy (non-hydrogen) atoms. The van der Waals surface area contributed by atoms with Crippen LogP contribution in [-0.2, 0) is 28.6 Å². The molecule has 1 atom stereocenters. The van der Waals surface area contributed by atoms with Crippen molar-refractivity contribution in [2.75, 3.05) is 18.1 Å². The minimum absolute atomic E-state index is 0.00621. The zero-order chi connectivity index (χ0) is 16.1. The minimum Gasteiger partial charge on any atom is -0.337 e. The van der Waals surface area contributed by atoms with Gasteiger partial charge in [-0.05, 0) is 29.0 Å². The third kappa shape index (κ3) is 4.39. The van der Waals surface area contributed by atoms with E-state index in [1.807, 2.05) is 47.4 Å². The number of carbonyl (C=O) groups excluding carboxylic acids is 1. The summed E-state index contributed by atoms with van der Waals surface area (Å²) in [5, 5.41) is 2.07. The van der Waals surface area contributed by atoms with Gasteiger partial charge in [0.1, 0.15) is 5.75 Å². The summed E-state index contributed by atoms with van der Waals surface area (Å²) in [6.07, 6.45) is 4.74. The van der Waals surface area contributed by atoms with Crippen LogP contribution in [0.15, 0.2) is 47.9 Å². The average molecular weight is 345 g/mol. The Hall–Kier alpha value is -1.72. The molecule has 3 nitrogen and oxygen atoms in total. The van der Waals surface area contributed by atoms with E-state index in [9.17, 15) is 9.00 Å². The number of benzene rings is 1. The summed E-state index contributed by atoms with van der Waals surface area (Å²) in [6.45, 7) is 1.40. The average Bonchev–Trinajstić information content (AvgIpc) is 3.03. The van der Waals surface area contributed by atoms with Gasteiger partial charge >= 0.3 is 0 Å². The summed E-state index contributed by atoms with van der Waals surface area (Å²) in [7, 11) is -1.15. The van der Waals surface area contributed by atoms with Gasteiger partial charge in [-0.2, -0.15) is 0 Å². The Morgan fingerprint density at radius 3 is 2.91 bits per heavy atom. The van der Waals surface area contributed by atoms with E-state index in [0.717, 1.165) is 18.5 Å². The number of hydrogen-bond donors (Lipinski definition) is 0. The number of carbonyl (C=O) groups is 1. The van der Waals surface area contributed by atoms with Crippen LogP contribution >= 0.6 is 11.3 Å². The van der Waals surface area contributed by atoms with Crippen LogP contribution in [0.5, 0.6) is 0 Å². The summed E-state index contributed by atoms with van der Waals surface area (Å²) < 4.78 is 12.1. The highest BCUT2D eigenvalue weighted by molar-refractivity contribution is 7.85. The third-order valence-corrected chi connectivity index (χ3v) is 5.99. The Bertz CT molecular complexity index is 722. The highest BCUT2D eigenvalue weighted by Gasteiger charge is 2.22. The lowest BCUT2D eigenvalue weighted by Gasteiger charge is -2.26. The zero-order valence-corrected chi connectivity index (χ0v) is 14.4. The summed E-state index contributed by atoms with van der Waals surface area (Å²) in [4.78, 5) is 15.5. The van der Waals surface area contributed by atoms with Crippen molar-refractivity contribution in [2.24, 2.45) is 0 Å². The van der Waals surface area contributed by atoms with Gasteiger partial charge in [-0.25, -0.2) is 0 Å². The van der Waals surface area contributed by atoms with Crippen LogP contribution < -0.4 is 0 Å². The van der Waals surface area contributed by atoms with Gasteiger partial charge in [0.2, 0.25) is 5.91 Å². The summed E-state index contributed by atoms with van der Waals surface area (Å²) in [5.41, 5.74) is 2.32. The molecule has 120 valence electrons. The highest BCUT2D eigenvalue weighted by Crippen LogP contribution is 2.24. The molecule has 0 radical (unpaired) electrons. The first kappa shape index (κ1) is 16.1. The fraction of sp³-hybridized carbons (Fsp3) is 0.278. The van der Waals surface area contributed by atoms with Gasteiger partial charge in [0, 0.05) is 34.5 Å². The number of amides is 1. The maximum Gasteiger partial charge on any atom is 0.235 e. The molecule has 0 aliphatic carbocycles. The molecule has 0 N–H and O–H groups in total. The van der Waals surface area contributed by atoms with E-state index in [-0.39, 0.29) is 11.7 Å². The molecule has 1 aliphatic rings. The van der Waals surface area contributed by atoms with Crippen molar-refractivity contribution in [2.45, 2.75) is 13.0 Å². The normalized spacial score (nSPS) is 15.6. The van der Waals surface area contributed by atoms with Crippen LogP contribution in [0.3, 0.4) is 0 Å². The predicted octanol–water partition coefficient (Wildman–Crippen LogP) is 3.09. The molecule has 2 heterocycles. The van der Waals surface area contributed by atoms with Crippen molar-refractivity contribution in [1.82, 2.24) is 4.90 Å². The molecule has 0 bridgehead atoms. The third-order valence-electron chi connectivity index (χ3n) is 3.84. The largest absolute Gasteiger partial charge is 0.337 e. The fourth-order valence-corrected chi connectivity index (χ4v) is 4.38. The predicted molar refractivity (Wildman–Crippen MR) is 96.8 cm³/mol. The van der Waals surface area contributed by atoms with E-state index in [1.54, 1.807) is 11.3 Å². The van der Waals surface area contributed by atoms with Crippen LogP contribution in [0.4, 0.5) is 0 Å². The number of thiophene rings is 1. The summed E-state index contributed by atoms with van der Waals surface area (Å²) in [5.74, 6) is 0.518. The van der Waals surface area contributed by atoms with Crippen molar-refractivity contribution >= 4 is 34.1 Å². The van der Waals surface area contributed by atoms with Crippen LogP contribution in [0.2, 0.25) is 0 Å². The minimum atomic E-state index is -1.15. The quantitative estimate of drug-likeness (QED) is 0.835. The SMILES string of the molecule is O=C(CS(=O)C/C=C/c1ccccc1)N1CCc2sccc2C1. The Morgan fingerprint density at radius 1 is 1.26 bits per heavy atom. The first-order valence-corrected chi connectivity index (χ1v) is 9.99. The lowest BCUT2D eigenvalue weighted by Crippen LogP contribution is -2.38.